The van der Waals surface area contributed by atoms with Gasteiger partial charge in [0.15, 0.2) is 0 Å². The smallest absolute Gasteiger partial charge is 0.267 e. The molecule has 1 heterocycles. The molecule has 1 saturated heterocycles. The van der Waals surface area contributed by atoms with E-state index in [4.69, 9.17) is 16.3 Å². The molecular weight excluding hydrogens is 404 g/mol. The van der Waals surface area contributed by atoms with Gasteiger partial charge in [-0.3, -0.25) is 9.59 Å². The number of methoxy groups -OCH3 is 1. The molecule has 2 amide bonds. The SMILES string of the molecule is COc1ccc(S(=O)(=O)N2C(=O)CC[C@@H]2C(=O)Nc2ccc(Cl)cc2)cc1C. The second-order valence-corrected chi connectivity index (χ2v) is 8.63. The van der Waals surface area contributed by atoms with Crippen molar-refractivity contribution in [1.82, 2.24) is 4.31 Å². The predicted octanol–water partition coefficient (Wildman–Crippen LogP) is 2.98. The van der Waals surface area contributed by atoms with Crippen LogP contribution in [0.3, 0.4) is 0 Å². The van der Waals surface area contributed by atoms with Gasteiger partial charge in [0.05, 0.1) is 12.0 Å². The van der Waals surface area contributed by atoms with Crippen LogP contribution in [0.15, 0.2) is 47.4 Å². The Morgan fingerprint density at radius 2 is 1.89 bits per heavy atom. The molecule has 0 radical (unpaired) electrons. The lowest BCUT2D eigenvalue weighted by Crippen LogP contribution is -2.45. The summed E-state index contributed by atoms with van der Waals surface area (Å²) in [5, 5.41) is 3.15. The van der Waals surface area contributed by atoms with Crippen LogP contribution in [-0.4, -0.2) is 37.7 Å². The first kappa shape index (κ1) is 20.2. The molecule has 148 valence electrons. The van der Waals surface area contributed by atoms with Crippen LogP contribution < -0.4 is 10.1 Å². The Kier molecular flexibility index (Phi) is 5.62. The van der Waals surface area contributed by atoms with E-state index in [9.17, 15) is 18.0 Å². The maximum atomic E-state index is 13.1. The number of amides is 2. The van der Waals surface area contributed by atoms with Crippen molar-refractivity contribution in [3.05, 3.63) is 53.1 Å². The summed E-state index contributed by atoms with van der Waals surface area (Å²) < 4.78 is 32.0. The van der Waals surface area contributed by atoms with Crippen LogP contribution >= 0.6 is 11.6 Å². The number of carbonyl (C=O) groups is 2. The van der Waals surface area contributed by atoms with Crippen molar-refractivity contribution in [3.63, 3.8) is 0 Å². The minimum Gasteiger partial charge on any atom is -0.496 e. The number of sulfonamides is 1. The van der Waals surface area contributed by atoms with Crippen molar-refractivity contribution in [2.75, 3.05) is 12.4 Å². The van der Waals surface area contributed by atoms with E-state index >= 15 is 0 Å². The number of hydrogen-bond donors (Lipinski definition) is 1. The van der Waals surface area contributed by atoms with Crippen molar-refractivity contribution in [2.24, 2.45) is 0 Å². The van der Waals surface area contributed by atoms with Crippen molar-refractivity contribution < 1.29 is 22.7 Å². The van der Waals surface area contributed by atoms with Gasteiger partial charge < -0.3 is 10.1 Å². The Morgan fingerprint density at radius 1 is 1.21 bits per heavy atom. The fourth-order valence-corrected chi connectivity index (χ4v) is 4.90. The lowest BCUT2D eigenvalue weighted by atomic mass is 10.2. The summed E-state index contributed by atoms with van der Waals surface area (Å²) >= 11 is 5.83. The highest BCUT2D eigenvalue weighted by atomic mass is 35.5. The standard InChI is InChI=1S/C19H19ClN2O5S/c1-12-11-15(7-9-17(12)27-2)28(25,26)22-16(8-10-18(22)23)19(24)21-14-5-3-13(20)4-6-14/h3-7,9,11,16H,8,10H2,1-2H3,(H,21,24)/t16-/m1/s1. The first-order valence-corrected chi connectivity index (χ1v) is 10.3. The summed E-state index contributed by atoms with van der Waals surface area (Å²) in [6.45, 7) is 1.70. The van der Waals surface area contributed by atoms with Crippen molar-refractivity contribution in [2.45, 2.75) is 30.7 Å². The number of benzene rings is 2. The molecule has 1 N–H and O–H groups in total. The average Bonchev–Trinajstić information content (AvgIpc) is 3.06. The molecule has 28 heavy (non-hydrogen) atoms. The van der Waals surface area contributed by atoms with Crippen LogP contribution in [-0.2, 0) is 19.6 Å². The quantitative estimate of drug-likeness (QED) is 0.799. The molecule has 7 nitrogen and oxygen atoms in total. The van der Waals surface area contributed by atoms with Crippen LogP contribution in [0.25, 0.3) is 0 Å². The number of ether oxygens (including phenoxy) is 1. The lowest BCUT2D eigenvalue weighted by Gasteiger charge is -2.24. The van der Waals surface area contributed by atoms with Gasteiger partial charge >= 0.3 is 0 Å². The van der Waals surface area contributed by atoms with Gasteiger partial charge in [0, 0.05) is 17.1 Å². The van der Waals surface area contributed by atoms with E-state index in [1.165, 1.54) is 25.3 Å². The van der Waals surface area contributed by atoms with Crippen molar-refractivity contribution in [1.29, 1.82) is 0 Å². The van der Waals surface area contributed by atoms with Crippen LogP contribution in [0.5, 0.6) is 5.75 Å². The Labute approximate surface area is 168 Å². The van der Waals surface area contributed by atoms with Gasteiger partial charge in [0.25, 0.3) is 10.0 Å². The molecule has 0 bridgehead atoms. The van der Waals surface area contributed by atoms with Gasteiger partial charge in [-0.2, -0.15) is 0 Å². The maximum absolute atomic E-state index is 13.1. The third kappa shape index (κ3) is 3.83. The summed E-state index contributed by atoms with van der Waals surface area (Å²) in [5.74, 6) is -0.643. The van der Waals surface area contributed by atoms with Gasteiger partial charge in [0.1, 0.15) is 11.8 Å². The van der Waals surface area contributed by atoms with E-state index in [0.717, 1.165) is 0 Å². The highest BCUT2D eigenvalue weighted by Crippen LogP contribution is 2.30. The molecule has 9 heteroatoms. The van der Waals surface area contributed by atoms with Crippen LogP contribution in [0.4, 0.5) is 5.69 Å². The second kappa shape index (κ2) is 7.81. The van der Waals surface area contributed by atoms with Crippen LogP contribution in [0, 0.1) is 6.92 Å². The molecule has 0 aliphatic carbocycles. The summed E-state index contributed by atoms with van der Waals surface area (Å²) in [5.41, 5.74) is 1.07. The Hall–Kier alpha value is -2.58. The molecule has 0 aromatic heterocycles. The number of halogens is 1. The van der Waals surface area contributed by atoms with Crippen LogP contribution in [0.2, 0.25) is 5.02 Å². The third-order valence-corrected chi connectivity index (χ3v) is 6.58. The van der Waals surface area contributed by atoms with Crippen LogP contribution in [0.1, 0.15) is 18.4 Å². The summed E-state index contributed by atoms with van der Waals surface area (Å²) in [7, 11) is -2.70. The highest BCUT2D eigenvalue weighted by molar-refractivity contribution is 7.89. The van der Waals surface area contributed by atoms with E-state index in [1.54, 1.807) is 31.2 Å². The predicted molar refractivity (Wildman–Crippen MR) is 105 cm³/mol. The van der Waals surface area contributed by atoms with Crippen molar-refractivity contribution >= 4 is 39.1 Å². The minimum absolute atomic E-state index is 0.0208. The normalized spacial score (nSPS) is 16.9. The zero-order chi connectivity index (χ0) is 20.5. The Balaban J connectivity index is 1.89. The Bertz CT molecular complexity index is 1020. The highest BCUT2D eigenvalue weighted by Gasteiger charge is 2.44. The van der Waals surface area contributed by atoms with Gasteiger partial charge in [-0.05, 0) is 61.4 Å². The zero-order valence-corrected chi connectivity index (χ0v) is 16.9. The van der Waals surface area contributed by atoms with Gasteiger partial charge in [-0.1, -0.05) is 11.6 Å². The largest absolute Gasteiger partial charge is 0.496 e. The van der Waals surface area contributed by atoms with Gasteiger partial charge in [-0.15, -0.1) is 0 Å². The van der Waals surface area contributed by atoms with E-state index in [-0.39, 0.29) is 17.7 Å². The van der Waals surface area contributed by atoms with E-state index in [1.807, 2.05) is 0 Å². The second-order valence-electron chi connectivity index (χ2n) is 6.38. The molecule has 1 aliphatic rings. The summed E-state index contributed by atoms with van der Waals surface area (Å²) in [4.78, 5) is 25.0. The summed E-state index contributed by atoms with van der Waals surface area (Å²) in [6.07, 6.45) is 0.0969. The van der Waals surface area contributed by atoms with Crippen molar-refractivity contribution in [3.8, 4) is 5.75 Å². The molecule has 1 aliphatic heterocycles. The van der Waals surface area contributed by atoms with Gasteiger partial charge in [-0.25, -0.2) is 12.7 Å². The molecule has 2 aromatic rings. The number of carbonyl (C=O) groups excluding carboxylic acids is 2. The molecule has 3 rings (SSSR count). The minimum atomic E-state index is -4.18. The maximum Gasteiger partial charge on any atom is 0.267 e. The molecule has 0 saturated carbocycles. The monoisotopic (exact) mass is 422 g/mol. The first-order chi connectivity index (χ1) is 13.2. The molecule has 1 atom stereocenters. The molecule has 2 aromatic carbocycles. The number of nitrogens with zero attached hydrogens (tertiary/aromatic N) is 1. The average molecular weight is 423 g/mol. The summed E-state index contributed by atoms with van der Waals surface area (Å²) in [6, 6.07) is 9.60. The molecule has 0 unspecified atom stereocenters. The molecular formula is C19H19ClN2O5S. The number of hydrogen-bond acceptors (Lipinski definition) is 5. The zero-order valence-electron chi connectivity index (χ0n) is 15.3. The number of anilines is 1. The molecule has 0 spiro atoms. The fourth-order valence-electron chi connectivity index (χ4n) is 3.08. The van der Waals surface area contributed by atoms with Gasteiger partial charge in [0.2, 0.25) is 11.8 Å². The van der Waals surface area contributed by atoms with E-state index in [0.29, 0.717) is 26.3 Å². The third-order valence-electron chi connectivity index (χ3n) is 4.50. The first-order valence-electron chi connectivity index (χ1n) is 8.52. The fraction of sp³-hybridized carbons (Fsp3) is 0.263. The number of nitrogens with one attached hydrogen (secondary N) is 1. The Morgan fingerprint density at radius 3 is 2.50 bits per heavy atom. The molecule has 1 fully saturated rings. The van der Waals surface area contributed by atoms with E-state index in [2.05, 4.69) is 5.32 Å². The topological polar surface area (TPSA) is 92.8 Å². The number of aryl methyl sites for hydroxylation is 1. The van der Waals surface area contributed by atoms with E-state index < -0.39 is 27.9 Å². The lowest BCUT2D eigenvalue weighted by molar-refractivity contribution is -0.128. The number of rotatable bonds is 5.